The standard InChI is InChI=1S/C23H24N6O2/c1-31-12-9-20(18-5-3-2-4-6-18)27-23(30)28-22-13-19-14-26-29(21(19)15-25-22)16-17-7-10-24-11-8-17/h2-8,10-11,13-15,20H,9,12,16H2,1H3,(H2,25,27,28,30)/t20-/m1/s1. The van der Waals surface area contributed by atoms with Gasteiger partial charge in [0.25, 0.3) is 0 Å². The van der Waals surface area contributed by atoms with Gasteiger partial charge in [-0.2, -0.15) is 5.10 Å². The molecule has 1 aromatic carbocycles. The molecular formula is C23H24N6O2. The quantitative estimate of drug-likeness (QED) is 0.456. The lowest BCUT2D eigenvalue weighted by Crippen LogP contribution is -2.33. The van der Waals surface area contributed by atoms with Gasteiger partial charge in [-0.15, -0.1) is 0 Å². The predicted octanol–water partition coefficient (Wildman–Crippen LogP) is 3.77. The number of anilines is 1. The Morgan fingerprint density at radius 3 is 2.71 bits per heavy atom. The summed E-state index contributed by atoms with van der Waals surface area (Å²) in [4.78, 5) is 21.0. The maximum absolute atomic E-state index is 12.6. The molecule has 0 bridgehead atoms. The Balaban J connectivity index is 1.44. The number of amides is 2. The Kier molecular flexibility index (Phi) is 6.49. The summed E-state index contributed by atoms with van der Waals surface area (Å²) in [6.45, 7) is 1.17. The summed E-state index contributed by atoms with van der Waals surface area (Å²) >= 11 is 0. The van der Waals surface area contributed by atoms with Gasteiger partial charge in [0, 0.05) is 31.5 Å². The van der Waals surface area contributed by atoms with Crippen molar-refractivity contribution in [2.24, 2.45) is 0 Å². The summed E-state index contributed by atoms with van der Waals surface area (Å²) in [5, 5.41) is 11.2. The molecule has 2 N–H and O–H groups in total. The fourth-order valence-corrected chi connectivity index (χ4v) is 3.39. The van der Waals surface area contributed by atoms with Crippen LogP contribution in [0.3, 0.4) is 0 Å². The number of aromatic nitrogens is 4. The van der Waals surface area contributed by atoms with Gasteiger partial charge >= 0.3 is 6.03 Å². The van der Waals surface area contributed by atoms with E-state index in [-0.39, 0.29) is 12.1 Å². The van der Waals surface area contributed by atoms with E-state index in [0.717, 1.165) is 22.0 Å². The molecule has 0 radical (unpaired) electrons. The molecule has 1 atom stereocenters. The zero-order valence-corrected chi connectivity index (χ0v) is 17.2. The first-order chi connectivity index (χ1) is 15.2. The van der Waals surface area contributed by atoms with Crippen molar-refractivity contribution >= 4 is 22.8 Å². The van der Waals surface area contributed by atoms with Gasteiger partial charge in [0.2, 0.25) is 0 Å². The number of hydrogen-bond acceptors (Lipinski definition) is 5. The Bertz CT molecular complexity index is 1130. The van der Waals surface area contributed by atoms with Crippen LogP contribution < -0.4 is 10.6 Å². The fourth-order valence-electron chi connectivity index (χ4n) is 3.39. The molecule has 0 saturated carbocycles. The number of urea groups is 1. The van der Waals surface area contributed by atoms with Crippen molar-refractivity contribution in [3.63, 3.8) is 0 Å². The van der Waals surface area contributed by atoms with E-state index in [9.17, 15) is 4.79 Å². The predicted molar refractivity (Wildman–Crippen MR) is 119 cm³/mol. The van der Waals surface area contributed by atoms with Crippen molar-refractivity contribution in [3.8, 4) is 0 Å². The second kappa shape index (κ2) is 9.82. The maximum Gasteiger partial charge on any atom is 0.320 e. The summed E-state index contributed by atoms with van der Waals surface area (Å²) in [6, 6.07) is 15.1. The molecule has 0 unspecified atom stereocenters. The van der Waals surface area contributed by atoms with Crippen molar-refractivity contribution in [1.29, 1.82) is 0 Å². The summed E-state index contributed by atoms with van der Waals surface area (Å²) in [5.74, 6) is 0.465. The Morgan fingerprint density at radius 1 is 1.13 bits per heavy atom. The van der Waals surface area contributed by atoms with E-state index in [2.05, 4.69) is 25.7 Å². The van der Waals surface area contributed by atoms with Gasteiger partial charge in [0.05, 0.1) is 30.5 Å². The lowest BCUT2D eigenvalue weighted by atomic mass is 10.0. The van der Waals surface area contributed by atoms with Gasteiger partial charge in [-0.05, 0) is 35.7 Å². The number of rotatable bonds is 8. The smallest absolute Gasteiger partial charge is 0.320 e. The Morgan fingerprint density at radius 2 is 1.94 bits per heavy atom. The molecule has 0 aliphatic heterocycles. The first kappa shape index (κ1) is 20.5. The van der Waals surface area contributed by atoms with Crippen LogP contribution in [0, 0.1) is 0 Å². The van der Waals surface area contributed by atoms with E-state index >= 15 is 0 Å². The van der Waals surface area contributed by atoms with Crippen molar-refractivity contribution in [1.82, 2.24) is 25.1 Å². The van der Waals surface area contributed by atoms with Gasteiger partial charge in [0.1, 0.15) is 5.82 Å². The molecule has 0 fully saturated rings. The van der Waals surface area contributed by atoms with Gasteiger partial charge < -0.3 is 10.1 Å². The SMILES string of the molecule is COCC[C@@H](NC(=O)Nc1cc2cnn(Cc3ccncc3)c2cn1)c1ccccc1. The topological polar surface area (TPSA) is 94.0 Å². The summed E-state index contributed by atoms with van der Waals surface area (Å²) in [5.41, 5.74) is 3.02. The molecule has 3 heterocycles. The summed E-state index contributed by atoms with van der Waals surface area (Å²) < 4.78 is 7.06. The molecule has 2 amide bonds. The average Bonchev–Trinajstić information content (AvgIpc) is 3.19. The zero-order valence-electron chi connectivity index (χ0n) is 17.2. The third-order valence-corrected chi connectivity index (χ3v) is 4.97. The lowest BCUT2D eigenvalue weighted by molar-refractivity contribution is 0.183. The summed E-state index contributed by atoms with van der Waals surface area (Å²) in [7, 11) is 1.65. The second-order valence-corrected chi connectivity index (χ2v) is 7.13. The highest BCUT2D eigenvalue weighted by molar-refractivity contribution is 5.91. The number of pyridine rings is 2. The number of hydrogen-bond donors (Lipinski definition) is 2. The molecule has 31 heavy (non-hydrogen) atoms. The first-order valence-electron chi connectivity index (χ1n) is 10.0. The van der Waals surface area contributed by atoms with Crippen LogP contribution in [0.4, 0.5) is 10.6 Å². The molecule has 8 heteroatoms. The highest BCUT2D eigenvalue weighted by atomic mass is 16.5. The molecule has 4 aromatic rings. The summed E-state index contributed by atoms with van der Waals surface area (Å²) in [6.07, 6.45) is 7.68. The Hall–Kier alpha value is -3.78. The molecule has 8 nitrogen and oxygen atoms in total. The van der Waals surface area contributed by atoms with E-state index in [0.29, 0.717) is 25.4 Å². The number of methoxy groups -OCH3 is 1. The highest BCUT2D eigenvalue weighted by Crippen LogP contribution is 2.19. The minimum Gasteiger partial charge on any atom is -0.385 e. The van der Waals surface area contributed by atoms with Crippen LogP contribution in [0.25, 0.3) is 10.9 Å². The van der Waals surface area contributed by atoms with Crippen LogP contribution in [0.15, 0.2) is 73.3 Å². The molecule has 0 saturated heterocycles. The average molecular weight is 416 g/mol. The van der Waals surface area contributed by atoms with Gasteiger partial charge in [-0.25, -0.2) is 9.78 Å². The van der Waals surface area contributed by atoms with Crippen molar-refractivity contribution < 1.29 is 9.53 Å². The van der Waals surface area contributed by atoms with E-state index < -0.39 is 0 Å². The van der Waals surface area contributed by atoms with Crippen molar-refractivity contribution in [2.75, 3.05) is 19.0 Å². The fraction of sp³-hybridized carbons (Fsp3) is 0.217. The Labute approximate surface area is 180 Å². The molecule has 158 valence electrons. The highest BCUT2D eigenvalue weighted by Gasteiger charge is 2.15. The lowest BCUT2D eigenvalue weighted by Gasteiger charge is -2.19. The molecule has 0 aliphatic carbocycles. The van der Waals surface area contributed by atoms with Crippen LogP contribution in [-0.2, 0) is 11.3 Å². The zero-order chi connectivity index (χ0) is 21.5. The number of carbonyl (C=O) groups excluding carboxylic acids is 1. The number of fused-ring (bicyclic) bond motifs is 1. The van der Waals surface area contributed by atoms with Crippen LogP contribution in [0.2, 0.25) is 0 Å². The minimum absolute atomic E-state index is 0.159. The van der Waals surface area contributed by atoms with Crippen molar-refractivity contribution in [2.45, 2.75) is 19.0 Å². The van der Waals surface area contributed by atoms with Crippen molar-refractivity contribution in [3.05, 3.63) is 84.4 Å². The normalized spacial score (nSPS) is 11.9. The second-order valence-electron chi connectivity index (χ2n) is 7.13. The number of benzene rings is 1. The molecular weight excluding hydrogens is 392 g/mol. The molecule has 0 spiro atoms. The van der Waals surface area contributed by atoms with E-state index in [1.165, 1.54) is 0 Å². The van der Waals surface area contributed by atoms with Crippen LogP contribution in [0.5, 0.6) is 0 Å². The van der Waals surface area contributed by atoms with Crippen LogP contribution >= 0.6 is 0 Å². The number of ether oxygens (including phenoxy) is 1. The van der Waals surface area contributed by atoms with Gasteiger partial charge in [-0.3, -0.25) is 15.0 Å². The number of nitrogens with one attached hydrogen (secondary N) is 2. The van der Waals surface area contributed by atoms with Crippen LogP contribution in [0.1, 0.15) is 23.6 Å². The first-order valence-corrected chi connectivity index (χ1v) is 10.0. The molecule has 0 aliphatic rings. The van der Waals surface area contributed by atoms with E-state index in [4.69, 9.17) is 4.74 Å². The third kappa shape index (κ3) is 5.23. The number of nitrogens with zero attached hydrogens (tertiary/aromatic N) is 4. The van der Waals surface area contributed by atoms with Gasteiger partial charge in [-0.1, -0.05) is 30.3 Å². The van der Waals surface area contributed by atoms with Crippen LogP contribution in [-0.4, -0.2) is 39.5 Å². The van der Waals surface area contributed by atoms with E-state index in [1.807, 2.05) is 53.2 Å². The minimum atomic E-state index is -0.319. The van der Waals surface area contributed by atoms with Gasteiger partial charge in [0.15, 0.2) is 0 Å². The van der Waals surface area contributed by atoms with E-state index in [1.54, 1.807) is 31.9 Å². The largest absolute Gasteiger partial charge is 0.385 e. The number of carbonyl (C=O) groups is 1. The third-order valence-electron chi connectivity index (χ3n) is 4.97. The maximum atomic E-state index is 12.6. The monoisotopic (exact) mass is 416 g/mol. The molecule has 3 aromatic heterocycles. The molecule has 4 rings (SSSR count).